The number of rotatable bonds is 5. The van der Waals surface area contributed by atoms with Gasteiger partial charge in [-0.2, -0.15) is 10.5 Å². The van der Waals surface area contributed by atoms with E-state index in [1.54, 1.807) is 4.90 Å². The van der Waals surface area contributed by atoms with Crippen molar-refractivity contribution in [2.75, 3.05) is 25.5 Å². The van der Waals surface area contributed by atoms with Gasteiger partial charge in [-0.15, -0.1) is 11.6 Å². The van der Waals surface area contributed by atoms with Crippen LogP contribution in [0.15, 0.2) is 0 Å². The zero-order valence-electron chi connectivity index (χ0n) is 7.13. The van der Waals surface area contributed by atoms with Gasteiger partial charge in [0.05, 0.1) is 25.2 Å². The Bertz CT molecular complexity index is 175. The number of halogens is 1. The minimum atomic E-state index is 0.300. The topological polar surface area (TPSA) is 50.8 Å². The molecule has 0 fully saturated rings. The Kier molecular flexibility index (Phi) is 6.47. The van der Waals surface area contributed by atoms with E-state index in [2.05, 4.69) is 0 Å². The van der Waals surface area contributed by atoms with Crippen LogP contribution in [0.4, 0.5) is 0 Å². The maximum Gasteiger partial charge on any atom is 0.0874 e. The van der Waals surface area contributed by atoms with Crippen LogP contribution in [0.3, 0.4) is 0 Å². The Morgan fingerprint density at radius 1 is 1.33 bits per heavy atom. The highest BCUT2D eigenvalue weighted by atomic mass is 35.5. The molecule has 1 atom stereocenters. The Morgan fingerprint density at radius 2 is 1.83 bits per heavy atom. The summed E-state index contributed by atoms with van der Waals surface area (Å²) in [5, 5.41) is 16.8. The fraction of sp³-hybridized carbons (Fsp3) is 0.750. The fourth-order valence-electron chi connectivity index (χ4n) is 0.875. The first kappa shape index (κ1) is 11.2. The van der Waals surface area contributed by atoms with Crippen molar-refractivity contribution in [3.63, 3.8) is 0 Å². The van der Waals surface area contributed by atoms with Crippen molar-refractivity contribution in [3.8, 4) is 12.1 Å². The molecule has 1 unspecified atom stereocenters. The maximum absolute atomic E-state index is 8.41. The summed E-state index contributed by atoms with van der Waals surface area (Å²) < 4.78 is 0. The quantitative estimate of drug-likeness (QED) is 0.478. The molecule has 0 N–H and O–H groups in total. The number of hydrogen-bond donors (Lipinski definition) is 0. The molecule has 0 aliphatic carbocycles. The van der Waals surface area contributed by atoms with Crippen molar-refractivity contribution in [2.45, 2.75) is 6.92 Å². The van der Waals surface area contributed by atoms with Gasteiger partial charge in [0, 0.05) is 12.4 Å². The van der Waals surface area contributed by atoms with E-state index >= 15 is 0 Å². The molecule has 0 saturated carbocycles. The Hall–Kier alpha value is -0.770. The normalized spacial score (nSPS) is 12.1. The van der Waals surface area contributed by atoms with E-state index in [1.165, 1.54) is 0 Å². The lowest BCUT2D eigenvalue weighted by atomic mass is 10.2. The van der Waals surface area contributed by atoms with Crippen LogP contribution in [0.5, 0.6) is 0 Å². The van der Waals surface area contributed by atoms with E-state index in [-0.39, 0.29) is 0 Å². The largest absolute Gasteiger partial charge is 0.277 e. The monoisotopic (exact) mass is 185 g/mol. The fourth-order valence-corrected chi connectivity index (χ4v) is 0.972. The number of hydrogen-bond acceptors (Lipinski definition) is 3. The number of nitriles is 2. The van der Waals surface area contributed by atoms with Crippen molar-refractivity contribution in [1.82, 2.24) is 4.90 Å². The van der Waals surface area contributed by atoms with Crippen molar-refractivity contribution in [3.05, 3.63) is 0 Å². The molecule has 3 nitrogen and oxygen atoms in total. The average molecular weight is 186 g/mol. The molecule has 0 heterocycles. The summed E-state index contributed by atoms with van der Waals surface area (Å²) in [4.78, 5) is 1.78. The molecule has 0 rings (SSSR count). The van der Waals surface area contributed by atoms with E-state index in [1.807, 2.05) is 19.1 Å². The number of nitrogens with zero attached hydrogens (tertiary/aromatic N) is 3. The molecule has 0 saturated heterocycles. The smallest absolute Gasteiger partial charge is 0.0874 e. The third kappa shape index (κ3) is 4.96. The molecule has 0 aliphatic rings. The summed E-state index contributed by atoms with van der Waals surface area (Å²) >= 11 is 5.60. The summed E-state index contributed by atoms with van der Waals surface area (Å²) in [6, 6.07) is 4.03. The van der Waals surface area contributed by atoms with Crippen LogP contribution in [0.2, 0.25) is 0 Å². The standard InChI is InChI=1S/C8H12ClN3/c1-8(6-9)7-12(4-2-10)5-3-11/h8H,4-7H2,1H3. The molecule has 12 heavy (non-hydrogen) atoms. The van der Waals surface area contributed by atoms with Gasteiger partial charge < -0.3 is 0 Å². The van der Waals surface area contributed by atoms with Crippen LogP contribution >= 0.6 is 11.6 Å². The zero-order valence-corrected chi connectivity index (χ0v) is 7.88. The third-order valence-corrected chi connectivity index (χ3v) is 1.95. The number of alkyl halides is 1. The molecule has 0 aromatic carbocycles. The molecule has 0 bridgehead atoms. The molecular formula is C8H12ClN3. The van der Waals surface area contributed by atoms with Gasteiger partial charge in [0.15, 0.2) is 0 Å². The van der Waals surface area contributed by atoms with E-state index in [0.29, 0.717) is 31.4 Å². The van der Waals surface area contributed by atoms with Gasteiger partial charge in [-0.25, -0.2) is 0 Å². The zero-order chi connectivity index (χ0) is 9.40. The molecule has 0 spiro atoms. The van der Waals surface area contributed by atoms with Gasteiger partial charge in [0.1, 0.15) is 0 Å². The lowest BCUT2D eigenvalue weighted by Gasteiger charge is -2.18. The minimum absolute atomic E-state index is 0.300. The lowest BCUT2D eigenvalue weighted by molar-refractivity contribution is 0.303. The summed E-state index contributed by atoms with van der Waals surface area (Å²) in [5.74, 6) is 0.890. The summed E-state index contributed by atoms with van der Waals surface area (Å²) in [6.07, 6.45) is 0. The van der Waals surface area contributed by atoms with Gasteiger partial charge in [-0.05, 0) is 5.92 Å². The van der Waals surface area contributed by atoms with Crippen LogP contribution in [-0.2, 0) is 0 Å². The van der Waals surface area contributed by atoms with E-state index in [9.17, 15) is 0 Å². The van der Waals surface area contributed by atoms with Gasteiger partial charge in [-0.1, -0.05) is 6.92 Å². The second kappa shape index (κ2) is 6.91. The first-order chi connectivity index (χ1) is 5.74. The van der Waals surface area contributed by atoms with Gasteiger partial charge >= 0.3 is 0 Å². The Labute approximate surface area is 78.1 Å². The predicted molar refractivity (Wildman–Crippen MR) is 47.6 cm³/mol. The van der Waals surface area contributed by atoms with Crippen molar-refractivity contribution in [2.24, 2.45) is 5.92 Å². The van der Waals surface area contributed by atoms with E-state index < -0.39 is 0 Å². The maximum atomic E-state index is 8.41. The third-order valence-electron chi connectivity index (χ3n) is 1.42. The van der Waals surface area contributed by atoms with Crippen LogP contribution in [-0.4, -0.2) is 30.4 Å². The van der Waals surface area contributed by atoms with Crippen LogP contribution in [0.25, 0.3) is 0 Å². The van der Waals surface area contributed by atoms with Gasteiger partial charge in [0.25, 0.3) is 0 Å². The molecule has 0 aliphatic heterocycles. The van der Waals surface area contributed by atoms with Crippen LogP contribution in [0.1, 0.15) is 6.92 Å². The minimum Gasteiger partial charge on any atom is -0.277 e. The first-order valence-electron chi connectivity index (χ1n) is 3.76. The first-order valence-corrected chi connectivity index (χ1v) is 4.30. The Morgan fingerprint density at radius 3 is 2.17 bits per heavy atom. The second-order valence-corrected chi connectivity index (χ2v) is 3.05. The summed E-state index contributed by atoms with van der Waals surface area (Å²) in [5.41, 5.74) is 0. The van der Waals surface area contributed by atoms with E-state index in [4.69, 9.17) is 22.1 Å². The molecule has 0 amide bonds. The molecular weight excluding hydrogens is 174 g/mol. The Balaban J connectivity index is 3.80. The van der Waals surface area contributed by atoms with Crippen molar-refractivity contribution in [1.29, 1.82) is 10.5 Å². The summed E-state index contributed by atoms with van der Waals surface area (Å²) in [6.45, 7) is 3.31. The second-order valence-electron chi connectivity index (χ2n) is 2.75. The average Bonchev–Trinajstić information content (AvgIpc) is 2.05. The van der Waals surface area contributed by atoms with Gasteiger partial charge in [-0.3, -0.25) is 4.90 Å². The lowest BCUT2D eigenvalue weighted by Crippen LogP contribution is -2.30. The highest BCUT2D eigenvalue weighted by Gasteiger charge is 2.07. The molecule has 0 aromatic rings. The highest BCUT2D eigenvalue weighted by molar-refractivity contribution is 6.18. The van der Waals surface area contributed by atoms with Crippen molar-refractivity contribution < 1.29 is 0 Å². The van der Waals surface area contributed by atoms with Crippen molar-refractivity contribution >= 4 is 11.6 Å². The van der Waals surface area contributed by atoms with Crippen LogP contribution < -0.4 is 0 Å². The highest BCUT2D eigenvalue weighted by Crippen LogP contribution is 2.01. The predicted octanol–water partition coefficient (Wildman–Crippen LogP) is 1.21. The molecule has 4 heteroatoms. The molecule has 0 radical (unpaired) electrons. The molecule has 0 aromatic heterocycles. The van der Waals surface area contributed by atoms with Gasteiger partial charge in [0.2, 0.25) is 0 Å². The SMILES string of the molecule is CC(CCl)CN(CC#N)CC#N. The molecule has 66 valence electrons. The summed E-state index contributed by atoms with van der Waals surface area (Å²) in [7, 11) is 0. The van der Waals surface area contributed by atoms with E-state index in [0.717, 1.165) is 0 Å². The van der Waals surface area contributed by atoms with Crippen LogP contribution in [0, 0.1) is 28.6 Å².